The quantitative estimate of drug-likeness (QED) is 0.798. The van der Waals surface area contributed by atoms with E-state index in [1.54, 1.807) is 19.2 Å². The summed E-state index contributed by atoms with van der Waals surface area (Å²) in [5, 5.41) is 9.88. The van der Waals surface area contributed by atoms with Crippen LogP contribution in [0.25, 0.3) is 0 Å². The average molecular weight is 288 g/mol. The van der Waals surface area contributed by atoms with Gasteiger partial charge in [0.25, 0.3) is 0 Å². The highest BCUT2D eigenvalue weighted by Gasteiger charge is 2.12. The first-order valence-corrected chi connectivity index (χ1v) is 6.86. The van der Waals surface area contributed by atoms with Crippen molar-refractivity contribution in [1.82, 2.24) is 4.90 Å². The second-order valence-corrected chi connectivity index (χ2v) is 4.57. The van der Waals surface area contributed by atoms with Crippen molar-refractivity contribution in [2.75, 3.05) is 33.4 Å². The first-order valence-electron chi connectivity index (χ1n) is 6.48. The fourth-order valence-electron chi connectivity index (χ4n) is 1.87. The zero-order valence-electron chi connectivity index (χ0n) is 11.8. The van der Waals surface area contributed by atoms with Gasteiger partial charge in [0.15, 0.2) is 11.5 Å². The molecule has 1 rings (SSSR count). The molecule has 5 heteroatoms. The lowest BCUT2D eigenvalue weighted by molar-refractivity contribution is 0.209. The molecule has 19 heavy (non-hydrogen) atoms. The molecule has 1 aromatic carbocycles. The van der Waals surface area contributed by atoms with Crippen LogP contribution < -0.4 is 9.47 Å². The van der Waals surface area contributed by atoms with Crippen LogP contribution in [0.3, 0.4) is 0 Å². The molecule has 0 heterocycles. The summed E-state index contributed by atoms with van der Waals surface area (Å²) < 4.78 is 11.0. The van der Waals surface area contributed by atoms with Gasteiger partial charge in [-0.2, -0.15) is 0 Å². The Bertz CT molecular complexity index is 369. The summed E-state index contributed by atoms with van der Waals surface area (Å²) in [6.45, 7) is 7.47. The van der Waals surface area contributed by atoms with Gasteiger partial charge in [0.05, 0.1) is 13.7 Å². The Labute approximate surface area is 119 Å². The summed E-state index contributed by atoms with van der Waals surface area (Å²) in [7, 11) is 1.56. The monoisotopic (exact) mass is 287 g/mol. The zero-order valence-corrected chi connectivity index (χ0v) is 12.5. The van der Waals surface area contributed by atoms with E-state index in [-0.39, 0.29) is 6.61 Å². The van der Waals surface area contributed by atoms with Crippen molar-refractivity contribution in [2.24, 2.45) is 0 Å². The van der Waals surface area contributed by atoms with Crippen LogP contribution >= 0.6 is 11.6 Å². The largest absolute Gasteiger partial charge is 0.493 e. The van der Waals surface area contributed by atoms with Gasteiger partial charge in [-0.1, -0.05) is 25.4 Å². The van der Waals surface area contributed by atoms with Crippen molar-refractivity contribution < 1.29 is 14.6 Å². The lowest BCUT2D eigenvalue weighted by atomic mass is 10.2. The van der Waals surface area contributed by atoms with E-state index in [0.29, 0.717) is 28.7 Å². The molecule has 0 unspecified atom stereocenters. The fraction of sp³-hybridized carbons (Fsp3) is 0.571. The second-order valence-electron chi connectivity index (χ2n) is 4.13. The van der Waals surface area contributed by atoms with Gasteiger partial charge in [0.1, 0.15) is 6.61 Å². The Kier molecular flexibility index (Phi) is 6.99. The molecule has 1 aromatic rings. The number of hydrogen-bond donors (Lipinski definition) is 1. The van der Waals surface area contributed by atoms with Gasteiger partial charge in [-0.15, -0.1) is 0 Å². The molecular formula is C14H22ClNO3. The first-order chi connectivity index (χ1) is 9.15. The molecule has 0 bridgehead atoms. The van der Waals surface area contributed by atoms with Gasteiger partial charge in [0.2, 0.25) is 0 Å². The van der Waals surface area contributed by atoms with E-state index in [0.717, 1.165) is 19.6 Å². The van der Waals surface area contributed by atoms with Gasteiger partial charge >= 0.3 is 0 Å². The van der Waals surface area contributed by atoms with Gasteiger partial charge < -0.3 is 19.5 Å². The van der Waals surface area contributed by atoms with E-state index in [9.17, 15) is 5.11 Å². The van der Waals surface area contributed by atoms with E-state index >= 15 is 0 Å². The van der Waals surface area contributed by atoms with E-state index in [4.69, 9.17) is 21.1 Å². The second kappa shape index (κ2) is 8.25. The number of methoxy groups -OCH3 is 1. The average Bonchev–Trinajstić information content (AvgIpc) is 2.44. The summed E-state index contributed by atoms with van der Waals surface area (Å²) in [6, 6.07) is 3.38. The number of ether oxygens (including phenoxy) is 2. The Morgan fingerprint density at radius 3 is 2.47 bits per heavy atom. The highest BCUT2D eigenvalue weighted by atomic mass is 35.5. The van der Waals surface area contributed by atoms with Crippen LogP contribution in [0.5, 0.6) is 11.5 Å². The molecule has 0 amide bonds. The third kappa shape index (κ3) is 4.56. The molecule has 1 N–H and O–H groups in total. The summed E-state index contributed by atoms with van der Waals surface area (Å²) in [5.41, 5.74) is 0.642. The Balaban J connectivity index is 2.76. The van der Waals surface area contributed by atoms with Gasteiger partial charge in [0, 0.05) is 23.2 Å². The predicted octanol–water partition coefficient (Wildman–Crippen LogP) is 2.56. The number of aliphatic hydroxyl groups is 1. The van der Waals surface area contributed by atoms with E-state index in [1.165, 1.54) is 0 Å². The van der Waals surface area contributed by atoms with Crippen LogP contribution in [0.15, 0.2) is 12.1 Å². The van der Waals surface area contributed by atoms with Gasteiger partial charge in [-0.25, -0.2) is 0 Å². The van der Waals surface area contributed by atoms with Crippen molar-refractivity contribution in [1.29, 1.82) is 0 Å². The molecule has 0 saturated heterocycles. The molecule has 0 saturated carbocycles. The standard InChI is InChI=1S/C14H22ClNO3/c1-4-16(5-2)6-7-19-14-11(10-17)8-12(15)9-13(14)18-3/h8-9,17H,4-7,10H2,1-3H3. The SMILES string of the molecule is CCN(CC)CCOc1c(CO)cc(Cl)cc1OC. The fourth-order valence-corrected chi connectivity index (χ4v) is 2.10. The Morgan fingerprint density at radius 1 is 1.26 bits per heavy atom. The van der Waals surface area contributed by atoms with E-state index in [1.807, 2.05) is 0 Å². The van der Waals surface area contributed by atoms with Gasteiger partial charge in [-0.3, -0.25) is 0 Å². The minimum atomic E-state index is -0.127. The number of hydrogen-bond acceptors (Lipinski definition) is 4. The Morgan fingerprint density at radius 2 is 1.95 bits per heavy atom. The number of nitrogens with zero attached hydrogens (tertiary/aromatic N) is 1. The minimum Gasteiger partial charge on any atom is -0.493 e. The molecular weight excluding hydrogens is 266 g/mol. The number of likely N-dealkylation sites (N-methyl/N-ethyl adjacent to an activating group) is 1. The normalized spacial score (nSPS) is 10.8. The number of rotatable bonds is 8. The Hall–Kier alpha value is -0.970. The molecule has 4 nitrogen and oxygen atoms in total. The molecule has 0 fully saturated rings. The number of halogens is 1. The van der Waals surface area contributed by atoms with Crippen molar-refractivity contribution in [3.63, 3.8) is 0 Å². The van der Waals surface area contributed by atoms with E-state index in [2.05, 4.69) is 18.7 Å². The van der Waals surface area contributed by atoms with Gasteiger partial charge in [-0.05, 0) is 19.2 Å². The number of aliphatic hydroxyl groups excluding tert-OH is 1. The smallest absolute Gasteiger partial charge is 0.166 e. The van der Waals surface area contributed by atoms with Crippen LogP contribution in [0.2, 0.25) is 5.02 Å². The van der Waals surface area contributed by atoms with Crippen molar-refractivity contribution in [2.45, 2.75) is 20.5 Å². The topological polar surface area (TPSA) is 41.9 Å². The molecule has 108 valence electrons. The summed E-state index contributed by atoms with van der Waals surface area (Å²) in [6.07, 6.45) is 0. The van der Waals surface area contributed by atoms with E-state index < -0.39 is 0 Å². The molecule has 0 atom stereocenters. The third-order valence-electron chi connectivity index (χ3n) is 3.04. The van der Waals surface area contributed by atoms with Crippen molar-refractivity contribution in [3.8, 4) is 11.5 Å². The van der Waals surface area contributed by atoms with Crippen LogP contribution in [0.1, 0.15) is 19.4 Å². The zero-order chi connectivity index (χ0) is 14.3. The maximum absolute atomic E-state index is 9.36. The maximum Gasteiger partial charge on any atom is 0.166 e. The molecule has 0 aliphatic heterocycles. The highest BCUT2D eigenvalue weighted by molar-refractivity contribution is 6.30. The lowest BCUT2D eigenvalue weighted by Crippen LogP contribution is -2.28. The number of benzene rings is 1. The minimum absolute atomic E-state index is 0.127. The first kappa shape index (κ1) is 16.1. The highest BCUT2D eigenvalue weighted by Crippen LogP contribution is 2.34. The summed E-state index contributed by atoms with van der Waals surface area (Å²) in [4.78, 5) is 2.26. The third-order valence-corrected chi connectivity index (χ3v) is 3.25. The van der Waals surface area contributed by atoms with Crippen LogP contribution in [-0.4, -0.2) is 43.4 Å². The molecule has 0 spiro atoms. The van der Waals surface area contributed by atoms with Crippen LogP contribution in [-0.2, 0) is 6.61 Å². The molecule has 0 radical (unpaired) electrons. The van der Waals surface area contributed by atoms with Crippen LogP contribution in [0.4, 0.5) is 0 Å². The van der Waals surface area contributed by atoms with Crippen molar-refractivity contribution in [3.05, 3.63) is 22.7 Å². The maximum atomic E-state index is 9.36. The molecule has 0 aliphatic carbocycles. The molecule has 0 aliphatic rings. The molecule has 0 aromatic heterocycles. The predicted molar refractivity (Wildman–Crippen MR) is 77.2 cm³/mol. The van der Waals surface area contributed by atoms with Crippen molar-refractivity contribution >= 4 is 11.6 Å². The lowest BCUT2D eigenvalue weighted by Gasteiger charge is -2.20. The summed E-state index contributed by atoms with van der Waals surface area (Å²) >= 11 is 5.95. The van der Waals surface area contributed by atoms with Crippen LogP contribution in [0, 0.1) is 0 Å². The summed E-state index contributed by atoms with van der Waals surface area (Å²) in [5.74, 6) is 1.12.